The van der Waals surface area contributed by atoms with Crippen LogP contribution in [0.3, 0.4) is 0 Å². The topological polar surface area (TPSA) is 27.7 Å². The van der Waals surface area contributed by atoms with Crippen LogP contribution in [0, 0.1) is 11.4 Å². The molecule has 20 heavy (non-hydrogen) atoms. The van der Waals surface area contributed by atoms with Crippen LogP contribution in [-0.2, 0) is 14.0 Å². The molecule has 0 rings (SSSR count). The van der Waals surface area contributed by atoms with Crippen molar-refractivity contribution in [1.82, 2.24) is 0 Å². The number of hydrogen-bond donors (Lipinski definition) is 0. The van der Waals surface area contributed by atoms with E-state index in [-0.39, 0.29) is 18.9 Å². The van der Waals surface area contributed by atoms with Gasteiger partial charge in [-0.1, -0.05) is 41.5 Å². The normalized spacial score (nSPS) is 12.4. The quantitative estimate of drug-likeness (QED) is 0.531. The minimum atomic E-state index is -1.94. The maximum atomic E-state index is 5.34. The summed E-state index contributed by atoms with van der Waals surface area (Å²) in [5.41, 5.74) is 5.31. The van der Waals surface area contributed by atoms with Crippen molar-refractivity contribution >= 4 is 14.8 Å². The van der Waals surface area contributed by atoms with Gasteiger partial charge < -0.3 is 14.0 Å². The Morgan fingerprint density at radius 2 is 1.05 bits per heavy atom. The van der Waals surface area contributed by atoms with Gasteiger partial charge in [-0.3, -0.25) is 0 Å². The fraction of sp³-hybridized carbons (Fsp3) is 0.857. The maximum Gasteiger partial charge on any atom is 1.00 e. The molecule has 0 aromatic heterocycles. The Labute approximate surface area is 138 Å². The zero-order chi connectivity index (χ0) is 15.3. The zero-order valence-corrected chi connectivity index (χ0v) is 16.0. The second kappa shape index (κ2) is 9.36. The van der Waals surface area contributed by atoms with Crippen molar-refractivity contribution in [1.29, 1.82) is 0 Å². The van der Waals surface area contributed by atoms with Crippen LogP contribution in [0.2, 0.25) is 16.6 Å². The summed E-state index contributed by atoms with van der Waals surface area (Å²) in [7, 11) is 2.95. The first-order valence-corrected chi connectivity index (χ1v) is 9.28. The minimum absolute atomic E-state index is 0. The summed E-state index contributed by atoms with van der Waals surface area (Å²) < 4.78 is 16.0. The van der Waals surface area contributed by atoms with Crippen LogP contribution >= 0.6 is 0 Å². The third-order valence-corrected chi connectivity index (χ3v) is 10.6. The van der Waals surface area contributed by atoms with Crippen molar-refractivity contribution in [2.75, 3.05) is 21.3 Å². The van der Waals surface area contributed by atoms with Gasteiger partial charge in [-0.2, -0.15) is 5.54 Å². The number of hydrogen-bond acceptors (Lipinski definition) is 3. The summed E-state index contributed by atoms with van der Waals surface area (Å²) in [6.07, 6.45) is 0. The van der Waals surface area contributed by atoms with Crippen LogP contribution < -0.4 is 18.9 Å². The van der Waals surface area contributed by atoms with Crippen molar-refractivity contribution in [3.8, 4) is 11.4 Å². The van der Waals surface area contributed by atoms with Crippen LogP contribution in [0.5, 0.6) is 0 Å². The third kappa shape index (κ3) is 4.67. The van der Waals surface area contributed by atoms with Gasteiger partial charge in [0.2, 0.25) is 0 Å². The summed E-state index contributed by atoms with van der Waals surface area (Å²) in [6.45, 7) is 11.7. The van der Waals surface area contributed by atoms with E-state index in [1.165, 1.54) is 0 Å². The molecule has 0 aliphatic carbocycles. The smallest absolute Gasteiger partial charge is 0.536 e. The van der Waals surface area contributed by atoms with Gasteiger partial charge in [-0.05, 0) is 38.0 Å². The summed E-state index contributed by atoms with van der Waals surface area (Å²) in [4.78, 5) is 0. The Morgan fingerprint density at radius 3 is 1.25 bits per heavy atom. The Kier molecular flexibility index (Phi) is 10.6. The average Bonchev–Trinajstić information content (AvgIpc) is 2.34. The maximum absolute atomic E-state index is 5.34. The predicted octanol–water partition coefficient (Wildman–Crippen LogP) is 0.629. The Hall–Kier alpha value is 0.319. The minimum Gasteiger partial charge on any atom is -0.536 e. The molecule has 0 unspecified atom stereocenters. The zero-order valence-electron chi connectivity index (χ0n) is 15.0. The molecule has 112 valence electrons. The first-order valence-electron chi connectivity index (χ1n) is 7.05. The molecule has 0 spiro atoms. The van der Waals surface area contributed by atoms with Gasteiger partial charge in [-0.15, -0.1) is 0 Å². The van der Waals surface area contributed by atoms with E-state index in [0.29, 0.717) is 16.6 Å². The second-order valence-electron chi connectivity index (χ2n) is 6.02. The summed E-state index contributed by atoms with van der Waals surface area (Å²) in [6, 6.07) is 0. The van der Waals surface area contributed by atoms with Crippen molar-refractivity contribution in [2.24, 2.45) is 0 Å². The predicted molar refractivity (Wildman–Crippen MR) is 85.6 cm³/mol. The number of rotatable bonds is 6. The van der Waals surface area contributed by atoms with Gasteiger partial charge in [0.1, 0.15) is 8.07 Å². The standard InChI is InChI=1S/C14H30BO3Si.Li/c1-12(2)19(13(3)4,14(5)6)11-10-15(16-7,17-8)18-9;/h12-14H,1-9H3;/q-1;+1. The molecule has 0 amide bonds. The van der Waals surface area contributed by atoms with E-state index in [1.54, 1.807) is 21.3 Å². The molecule has 0 atom stereocenters. The molecule has 3 nitrogen and oxygen atoms in total. The molecule has 0 aliphatic heterocycles. The van der Waals surface area contributed by atoms with Crippen LogP contribution in [0.1, 0.15) is 41.5 Å². The van der Waals surface area contributed by atoms with Crippen molar-refractivity contribution < 1.29 is 32.8 Å². The van der Waals surface area contributed by atoms with E-state index in [4.69, 9.17) is 14.0 Å². The van der Waals surface area contributed by atoms with E-state index in [2.05, 4.69) is 52.9 Å². The van der Waals surface area contributed by atoms with Gasteiger partial charge in [-0.25, -0.2) is 5.82 Å². The first kappa shape index (κ1) is 22.6. The van der Waals surface area contributed by atoms with Crippen LogP contribution in [-0.4, -0.2) is 36.2 Å². The monoisotopic (exact) mass is 292 g/mol. The molecule has 0 fully saturated rings. The van der Waals surface area contributed by atoms with Gasteiger partial charge in [0.15, 0.2) is 0 Å². The molecule has 0 aliphatic rings. The molecule has 0 N–H and O–H groups in total. The van der Waals surface area contributed by atoms with Crippen LogP contribution in [0.15, 0.2) is 0 Å². The van der Waals surface area contributed by atoms with Gasteiger partial charge in [0, 0.05) is 0 Å². The van der Waals surface area contributed by atoms with Crippen molar-refractivity contribution in [2.45, 2.75) is 58.2 Å². The Balaban J connectivity index is 0. The van der Waals surface area contributed by atoms with Crippen molar-refractivity contribution in [3.63, 3.8) is 0 Å². The molecule has 0 heterocycles. The largest absolute Gasteiger partial charge is 1.00 e. The SMILES string of the molecule is CO[B-](C#C[Si](C(C)C)(C(C)C)C(C)C)(OC)OC.[Li+]. The first-order chi connectivity index (χ1) is 8.72. The Morgan fingerprint density at radius 1 is 0.750 bits per heavy atom. The van der Waals surface area contributed by atoms with E-state index in [9.17, 15) is 0 Å². The van der Waals surface area contributed by atoms with E-state index in [1.807, 2.05) is 0 Å². The van der Waals surface area contributed by atoms with E-state index < -0.39 is 14.8 Å². The van der Waals surface area contributed by atoms with Crippen LogP contribution in [0.4, 0.5) is 0 Å². The molecule has 0 radical (unpaired) electrons. The third-order valence-electron chi connectivity index (χ3n) is 4.26. The molecule has 0 aromatic rings. The van der Waals surface area contributed by atoms with Gasteiger partial charge in [0.25, 0.3) is 0 Å². The van der Waals surface area contributed by atoms with Crippen molar-refractivity contribution in [3.05, 3.63) is 0 Å². The molecule has 0 saturated heterocycles. The van der Waals surface area contributed by atoms with E-state index >= 15 is 0 Å². The summed E-state index contributed by atoms with van der Waals surface area (Å²) >= 11 is 0. The molecular formula is C14H30BLiO3Si. The summed E-state index contributed by atoms with van der Waals surface area (Å²) in [5.74, 6) is 3.17. The van der Waals surface area contributed by atoms with Crippen LogP contribution in [0.25, 0.3) is 0 Å². The molecule has 0 saturated carbocycles. The Bertz CT molecular complexity index is 303. The average molecular weight is 292 g/mol. The second-order valence-corrected chi connectivity index (χ2v) is 11.6. The molecule has 0 aromatic carbocycles. The fourth-order valence-corrected chi connectivity index (χ4v) is 8.40. The fourth-order valence-electron chi connectivity index (χ4n) is 3.11. The van der Waals surface area contributed by atoms with Gasteiger partial charge in [0.05, 0.1) is 0 Å². The molecule has 0 bridgehead atoms. The van der Waals surface area contributed by atoms with Gasteiger partial charge >= 0.3 is 25.6 Å². The summed E-state index contributed by atoms with van der Waals surface area (Å²) in [5, 5.41) is 0. The molecular weight excluding hydrogens is 262 g/mol. The molecule has 6 heteroatoms. The van der Waals surface area contributed by atoms with E-state index in [0.717, 1.165) is 0 Å².